The van der Waals surface area contributed by atoms with E-state index >= 15 is 0 Å². The van der Waals surface area contributed by atoms with E-state index in [4.69, 9.17) is 0 Å². The first-order valence-electron chi connectivity index (χ1n) is 8.10. The van der Waals surface area contributed by atoms with Gasteiger partial charge < -0.3 is 10.6 Å². The minimum atomic E-state index is -3.72. The lowest BCUT2D eigenvalue weighted by Crippen LogP contribution is -2.51. The molecule has 1 aromatic rings. The van der Waals surface area contributed by atoms with Crippen molar-refractivity contribution in [1.29, 1.82) is 0 Å². The topological polar surface area (TPSA) is 75.3 Å². The molecule has 2 N–H and O–H groups in total. The molecule has 0 bridgehead atoms. The number of hydrogen-bond acceptors (Lipinski definition) is 4. The van der Waals surface area contributed by atoms with Crippen LogP contribution in [-0.2, 0) is 14.6 Å². The molecule has 1 aliphatic rings. The highest BCUT2D eigenvalue weighted by atomic mass is 32.2. The highest BCUT2D eigenvalue weighted by molar-refractivity contribution is 7.93. The summed E-state index contributed by atoms with van der Waals surface area (Å²) in [5.41, 5.74) is 1.59. The van der Waals surface area contributed by atoms with Gasteiger partial charge in [-0.05, 0) is 50.9 Å². The van der Waals surface area contributed by atoms with E-state index < -0.39 is 14.6 Å². The Morgan fingerprint density at radius 3 is 2.43 bits per heavy atom. The third-order valence-corrected chi connectivity index (χ3v) is 7.27. The van der Waals surface area contributed by atoms with Crippen LogP contribution in [0.4, 0.5) is 0 Å². The van der Waals surface area contributed by atoms with Crippen molar-refractivity contribution in [2.24, 2.45) is 0 Å². The van der Waals surface area contributed by atoms with Crippen molar-refractivity contribution in [2.45, 2.75) is 49.2 Å². The van der Waals surface area contributed by atoms with Crippen molar-refractivity contribution in [1.82, 2.24) is 10.6 Å². The quantitative estimate of drug-likeness (QED) is 0.775. The zero-order valence-corrected chi connectivity index (χ0v) is 14.9. The van der Waals surface area contributed by atoms with E-state index in [1.807, 2.05) is 19.1 Å². The third-order valence-electron chi connectivity index (χ3n) is 4.63. The van der Waals surface area contributed by atoms with E-state index in [1.165, 1.54) is 0 Å². The van der Waals surface area contributed by atoms with Crippen LogP contribution in [0.25, 0.3) is 0 Å². The van der Waals surface area contributed by atoms with Gasteiger partial charge in [0.05, 0.1) is 4.90 Å². The Morgan fingerprint density at radius 1 is 1.17 bits per heavy atom. The Kier molecular flexibility index (Phi) is 5.47. The smallest absolute Gasteiger partial charge is 0.241 e. The van der Waals surface area contributed by atoms with Crippen molar-refractivity contribution in [2.75, 3.05) is 20.1 Å². The van der Waals surface area contributed by atoms with Gasteiger partial charge in [0.2, 0.25) is 5.91 Å². The number of carbonyl (C=O) groups excluding carboxylic acids is 1. The van der Waals surface area contributed by atoms with Crippen molar-refractivity contribution in [3.63, 3.8) is 0 Å². The SMILES string of the molecule is CNCCNC(=O)C1(S(=O)(=O)c2cc(C)ccc2C)CCCC1. The van der Waals surface area contributed by atoms with Gasteiger partial charge >= 0.3 is 0 Å². The lowest BCUT2D eigenvalue weighted by Gasteiger charge is -2.28. The van der Waals surface area contributed by atoms with Gasteiger partial charge in [-0.1, -0.05) is 25.0 Å². The number of benzene rings is 1. The maximum Gasteiger partial charge on any atom is 0.241 e. The van der Waals surface area contributed by atoms with Gasteiger partial charge in [0, 0.05) is 13.1 Å². The van der Waals surface area contributed by atoms with Gasteiger partial charge in [-0.2, -0.15) is 0 Å². The molecule has 23 heavy (non-hydrogen) atoms. The molecule has 1 saturated carbocycles. The number of amides is 1. The number of carbonyl (C=O) groups is 1. The van der Waals surface area contributed by atoms with Gasteiger partial charge in [0.25, 0.3) is 0 Å². The van der Waals surface area contributed by atoms with Crippen molar-refractivity contribution < 1.29 is 13.2 Å². The Balaban J connectivity index is 2.43. The first-order valence-corrected chi connectivity index (χ1v) is 9.58. The molecular weight excluding hydrogens is 312 g/mol. The zero-order valence-electron chi connectivity index (χ0n) is 14.1. The molecule has 0 heterocycles. The first kappa shape index (κ1) is 17.9. The summed E-state index contributed by atoms with van der Waals surface area (Å²) in [5.74, 6) is -0.355. The molecule has 0 atom stereocenters. The summed E-state index contributed by atoms with van der Waals surface area (Å²) in [4.78, 5) is 13.0. The lowest BCUT2D eigenvalue weighted by atomic mass is 10.1. The highest BCUT2D eigenvalue weighted by Gasteiger charge is 2.53. The summed E-state index contributed by atoms with van der Waals surface area (Å²) in [6.45, 7) is 4.70. The molecule has 128 valence electrons. The molecule has 1 aliphatic carbocycles. The van der Waals surface area contributed by atoms with Crippen molar-refractivity contribution >= 4 is 15.7 Å². The Bertz CT molecular complexity index is 677. The normalized spacial score (nSPS) is 17.2. The summed E-state index contributed by atoms with van der Waals surface area (Å²) >= 11 is 0. The van der Waals surface area contributed by atoms with Crippen LogP contribution in [0.3, 0.4) is 0 Å². The monoisotopic (exact) mass is 338 g/mol. The van der Waals surface area contributed by atoms with Crippen molar-refractivity contribution in [3.05, 3.63) is 29.3 Å². The molecule has 1 aromatic carbocycles. The minimum absolute atomic E-state index is 0.295. The summed E-state index contributed by atoms with van der Waals surface area (Å²) in [7, 11) is -1.93. The highest BCUT2D eigenvalue weighted by Crippen LogP contribution is 2.41. The maximum atomic E-state index is 13.3. The molecule has 0 unspecified atom stereocenters. The fourth-order valence-electron chi connectivity index (χ4n) is 3.23. The van der Waals surface area contributed by atoms with Crippen molar-refractivity contribution in [3.8, 4) is 0 Å². The van der Waals surface area contributed by atoms with E-state index in [-0.39, 0.29) is 5.91 Å². The van der Waals surface area contributed by atoms with Crippen LogP contribution < -0.4 is 10.6 Å². The fraction of sp³-hybridized carbons (Fsp3) is 0.588. The van der Waals surface area contributed by atoms with E-state index in [0.29, 0.717) is 36.4 Å². The zero-order chi connectivity index (χ0) is 17.1. The van der Waals surface area contributed by atoms with Crippen LogP contribution in [0.1, 0.15) is 36.8 Å². The molecule has 0 aliphatic heterocycles. The molecule has 6 heteroatoms. The van der Waals surface area contributed by atoms with Crippen LogP contribution >= 0.6 is 0 Å². The van der Waals surface area contributed by atoms with Gasteiger partial charge in [-0.3, -0.25) is 4.79 Å². The van der Waals surface area contributed by atoms with Crippen LogP contribution in [-0.4, -0.2) is 39.2 Å². The fourth-order valence-corrected chi connectivity index (χ4v) is 5.63. The summed E-state index contributed by atoms with van der Waals surface area (Å²) in [6, 6.07) is 5.39. The Labute approximate surface area is 138 Å². The molecule has 0 radical (unpaired) electrons. The van der Waals surface area contributed by atoms with Gasteiger partial charge in [0.1, 0.15) is 0 Å². The first-order chi connectivity index (χ1) is 10.8. The lowest BCUT2D eigenvalue weighted by molar-refractivity contribution is -0.123. The van der Waals surface area contributed by atoms with Crippen LogP contribution in [0, 0.1) is 13.8 Å². The summed E-state index contributed by atoms with van der Waals surface area (Å²) in [5, 5.41) is 5.74. The summed E-state index contributed by atoms with van der Waals surface area (Å²) < 4.78 is 25.3. The molecule has 0 saturated heterocycles. The second kappa shape index (κ2) is 7.01. The molecule has 0 spiro atoms. The number of aryl methyl sites for hydroxylation is 2. The van der Waals surface area contributed by atoms with E-state index in [0.717, 1.165) is 18.4 Å². The number of hydrogen-bond donors (Lipinski definition) is 2. The van der Waals surface area contributed by atoms with Gasteiger partial charge in [-0.25, -0.2) is 8.42 Å². The maximum absolute atomic E-state index is 13.3. The number of sulfone groups is 1. The number of nitrogens with one attached hydrogen (secondary N) is 2. The Morgan fingerprint density at radius 2 is 1.83 bits per heavy atom. The molecule has 5 nitrogen and oxygen atoms in total. The summed E-state index contributed by atoms with van der Waals surface area (Å²) in [6.07, 6.45) is 2.33. The largest absolute Gasteiger partial charge is 0.353 e. The average Bonchev–Trinajstić information content (AvgIpc) is 3.01. The molecule has 1 fully saturated rings. The predicted octanol–water partition coefficient (Wildman–Crippen LogP) is 1.73. The molecule has 0 aromatic heterocycles. The standard InChI is InChI=1S/C17H26N2O3S/c1-13-6-7-14(2)15(12-13)23(21,22)17(8-4-5-9-17)16(20)19-11-10-18-3/h6-7,12,18H,4-5,8-11H2,1-3H3,(H,19,20). The number of rotatable bonds is 6. The molecule has 1 amide bonds. The number of likely N-dealkylation sites (N-methyl/N-ethyl adjacent to an activating group) is 1. The Hall–Kier alpha value is -1.40. The second-order valence-corrected chi connectivity index (χ2v) is 8.56. The minimum Gasteiger partial charge on any atom is -0.353 e. The van der Waals surface area contributed by atoms with Gasteiger partial charge in [0.15, 0.2) is 14.6 Å². The average molecular weight is 338 g/mol. The second-order valence-electron chi connectivity index (χ2n) is 6.33. The van der Waals surface area contributed by atoms with Crippen LogP contribution in [0.15, 0.2) is 23.1 Å². The van der Waals surface area contributed by atoms with E-state index in [9.17, 15) is 13.2 Å². The van der Waals surface area contributed by atoms with E-state index in [2.05, 4.69) is 10.6 Å². The van der Waals surface area contributed by atoms with E-state index in [1.54, 1.807) is 20.0 Å². The predicted molar refractivity (Wildman–Crippen MR) is 91.2 cm³/mol. The van der Waals surface area contributed by atoms with Crippen LogP contribution in [0.2, 0.25) is 0 Å². The molecular formula is C17H26N2O3S. The molecule has 2 rings (SSSR count). The third kappa shape index (κ3) is 3.28. The van der Waals surface area contributed by atoms with Gasteiger partial charge in [-0.15, -0.1) is 0 Å². The van der Waals surface area contributed by atoms with Crippen LogP contribution in [0.5, 0.6) is 0 Å².